The van der Waals surface area contributed by atoms with Gasteiger partial charge < -0.3 is 9.64 Å². The SMILES string of the molecule is CCC(Br)C(=O)N1CCCC(COC)C1. The van der Waals surface area contributed by atoms with Crippen molar-refractivity contribution in [2.75, 3.05) is 26.8 Å². The van der Waals surface area contributed by atoms with Crippen molar-refractivity contribution in [1.82, 2.24) is 4.90 Å². The van der Waals surface area contributed by atoms with Gasteiger partial charge in [0.15, 0.2) is 0 Å². The van der Waals surface area contributed by atoms with Gasteiger partial charge in [-0.15, -0.1) is 0 Å². The number of ether oxygens (including phenoxy) is 1. The van der Waals surface area contributed by atoms with Crippen LogP contribution in [0.5, 0.6) is 0 Å². The largest absolute Gasteiger partial charge is 0.384 e. The van der Waals surface area contributed by atoms with E-state index >= 15 is 0 Å². The first-order valence-electron chi connectivity index (χ1n) is 5.60. The minimum Gasteiger partial charge on any atom is -0.384 e. The summed E-state index contributed by atoms with van der Waals surface area (Å²) in [6.45, 7) is 4.55. The van der Waals surface area contributed by atoms with Crippen LogP contribution >= 0.6 is 15.9 Å². The van der Waals surface area contributed by atoms with Gasteiger partial charge in [-0.2, -0.15) is 0 Å². The number of carbonyl (C=O) groups is 1. The number of carbonyl (C=O) groups excluding carboxylic acids is 1. The number of hydrogen-bond acceptors (Lipinski definition) is 2. The molecule has 0 aromatic rings. The third-order valence-electron chi connectivity index (χ3n) is 2.86. The van der Waals surface area contributed by atoms with Crippen LogP contribution in [0.25, 0.3) is 0 Å². The van der Waals surface area contributed by atoms with E-state index in [0.717, 1.165) is 32.5 Å². The third-order valence-corrected chi connectivity index (χ3v) is 3.90. The average molecular weight is 278 g/mol. The van der Waals surface area contributed by atoms with E-state index in [-0.39, 0.29) is 10.7 Å². The maximum Gasteiger partial charge on any atom is 0.236 e. The van der Waals surface area contributed by atoms with Gasteiger partial charge in [0.25, 0.3) is 0 Å². The van der Waals surface area contributed by atoms with Gasteiger partial charge in [0.05, 0.1) is 11.4 Å². The number of halogens is 1. The molecule has 3 nitrogen and oxygen atoms in total. The Balaban J connectivity index is 2.44. The summed E-state index contributed by atoms with van der Waals surface area (Å²) in [5, 5.41) is 0. The topological polar surface area (TPSA) is 29.5 Å². The van der Waals surface area contributed by atoms with E-state index in [2.05, 4.69) is 15.9 Å². The van der Waals surface area contributed by atoms with Crippen LogP contribution in [0, 0.1) is 5.92 Å². The Morgan fingerprint density at radius 3 is 3.00 bits per heavy atom. The smallest absolute Gasteiger partial charge is 0.236 e. The van der Waals surface area contributed by atoms with Gasteiger partial charge in [0.1, 0.15) is 0 Å². The zero-order valence-corrected chi connectivity index (χ0v) is 11.1. The molecule has 1 saturated heterocycles. The molecule has 0 aromatic carbocycles. The minimum atomic E-state index is -0.0150. The fraction of sp³-hybridized carbons (Fsp3) is 0.909. The van der Waals surface area contributed by atoms with E-state index in [1.54, 1.807) is 7.11 Å². The number of nitrogens with zero attached hydrogens (tertiary/aromatic N) is 1. The predicted molar refractivity (Wildman–Crippen MR) is 64.2 cm³/mol. The van der Waals surface area contributed by atoms with Crippen molar-refractivity contribution in [1.29, 1.82) is 0 Å². The predicted octanol–water partition coefficient (Wildman–Crippen LogP) is 2.04. The second kappa shape index (κ2) is 6.48. The molecule has 2 atom stereocenters. The lowest BCUT2D eigenvalue weighted by Crippen LogP contribution is -2.44. The Kier molecular flexibility index (Phi) is 5.61. The molecule has 15 heavy (non-hydrogen) atoms. The van der Waals surface area contributed by atoms with Crippen LogP contribution in [0.4, 0.5) is 0 Å². The number of likely N-dealkylation sites (tertiary alicyclic amines) is 1. The van der Waals surface area contributed by atoms with Crippen LogP contribution in [0.15, 0.2) is 0 Å². The summed E-state index contributed by atoms with van der Waals surface area (Å²) >= 11 is 3.41. The molecule has 0 radical (unpaired) electrons. The van der Waals surface area contributed by atoms with Crippen molar-refractivity contribution in [2.24, 2.45) is 5.92 Å². The molecular weight excluding hydrogens is 258 g/mol. The fourth-order valence-electron chi connectivity index (χ4n) is 2.01. The number of methoxy groups -OCH3 is 1. The first-order chi connectivity index (χ1) is 7.19. The van der Waals surface area contributed by atoms with Gasteiger partial charge in [-0.1, -0.05) is 22.9 Å². The molecule has 0 N–H and O–H groups in total. The van der Waals surface area contributed by atoms with Gasteiger partial charge in [-0.3, -0.25) is 4.79 Å². The highest BCUT2D eigenvalue weighted by Gasteiger charge is 2.26. The van der Waals surface area contributed by atoms with E-state index < -0.39 is 0 Å². The van der Waals surface area contributed by atoms with Gasteiger partial charge in [0, 0.05) is 20.2 Å². The normalized spacial score (nSPS) is 23.9. The van der Waals surface area contributed by atoms with Gasteiger partial charge in [-0.25, -0.2) is 0 Å². The summed E-state index contributed by atoms with van der Waals surface area (Å²) in [5.74, 6) is 0.752. The fourth-order valence-corrected chi connectivity index (χ4v) is 2.30. The van der Waals surface area contributed by atoms with Crippen molar-refractivity contribution in [3.63, 3.8) is 0 Å². The molecule has 0 aromatic heterocycles. The van der Waals surface area contributed by atoms with E-state index in [9.17, 15) is 4.79 Å². The molecule has 88 valence electrons. The summed E-state index contributed by atoms with van der Waals surface area (Å²) in [4.78, 5) is 13.9. The number of alkyl halides is 1. The lowest BCUT2D eigenvalue weighted by molar-refractivity contribution is -0.132. The van der Waals surface area contributed by atoms with Crippen molar-refractivity contribution in [3.8, 4) is 0 Å². The van der Waals surface area contributed by atoms with Crippen LogP contribution in [0.3, 0.4) is 0 Å². The van der Waals surface area contributed by atoms with Gasteiger partial charge in [-0.05, 0) is 25.2 Å². The second-order valence-electron chi connectivity index (χ2n) is 4.12. The van der Waals surface area contributed by atoms with Gasteiger partial charge >= 0.3 is 0 Å². The third kappa shape index (κ3) is 3.76. The minimum absolute atomic E-state index is 0.0150. The number of piperidine rings is 1. The first kappa shape index (κ1) is 13.0. The Morgan fingerprint density at radius 1 is 1.67 bits per heavy atom. The molecule has 1 rings (SSSR count). The molecule has 2 unspecified atom stereocenters. The zero-order valence-electron chi connectivity index (χ0n) is 9.54. The molecule has 0 bridgehead atoms. The van der Waals surface area contributed by atoms with Crippen LogP contribution in [0.1, 0.15) is 26.2 Å². The van der Waals surface area contributed by atoms with Crippen LogP contribution in [-0.4, -0.2) is 42.4 Å². The summed E-state index contributed by atoms with van der Waals surface area (Å²) < 4.78 is 5.15. The summed E-state index contributed by atoms with van der Waals surface area (Å²) in [6.07, 6.45) is 3.13. The molecule has 0 saturated carbocycles. The van der Waals surface area contributed by atoms with Crippen LogP contribution in [0.2, 0.25) is 0 Å². The lowest BCUT2D eigenvalue weighted by Gasteiger charge is -2.33. The molecule has 1 fully saturated rings. The molecule has 1 heterocycles. The number of rotatable bonds is 4. The molecule has 4 heteroatoms. The second-order valence-corrected chi connectivity index (χ2v) is 5.23. The highest BCUT2D eigenvalue weighted by atomic mass is 79.9. The monoisotopic (exact) mass is 277 g/mol. The van der Waals surface area contributed by atoms with E-state index in [1.165, 1.54) is 6.42 Å². The molecule has 0 aliphatic carbocycles. The highest BCUT2D eigenvalue weighted by Crippen LogP contribution is 2.19. The molecular formula is C11H20BrNO2. The van der Waals surface area contributed by atoms with Crippen molar-refractivity contribution < 1.29 is 9.53 Å². The molecule has 1 aliphatic heterocycles. The van der Waals surface area contributed by atoms with E-state index in [0.29, 0.717) is 5.92 Å². The Hall–Kier alpha value is -0.0900. The Morgan fingerprint density at radius 2 is 2.40 bits per heavy atom. The van der Waals surface area contributed by atoms with E-state index in [4.69, 9.17) is 4.74 Å². The molecule has 0 spiro atoms. The standard InChI is InChI=1S/C11H20BrNO2/c1-3-10(12)11(14)13-6-4-5-9(7-13)8-15-2/h9-10H,3-8H2,1-2H3. The first-order valence-corrected chi connectivity index (χ1v) is 6.52. The highest BCUT2D eigenvalue weighted by molar-refractivity contribution is 9.10. The van der Waals surface area contributed by atoms with Crippen LogP contribution in [-0.2, 0) is 9.53 Å². The van der Waals surface area contributed by atoms with Crippen molar-refractivity contribution in [2.45, 2.75) is 31.0 Å². The average Bonchev–Trinajstić information content (AvgIpc) is 2.28. The zero-order chi connectivity index (χ0) is 11.3. The maximum absolute atomic E-state index is 11.9. The lowest BCUT2D eigenvalue weighted by atomic mass is 9.98. The maximum atomic E-state index is 11.9. The summed E-state index contributed by atoms with van der Waals surface area (Å²) in [5.41, 5.74) is 0. The number of amides is 1. The van der Waals surface area contributed by atoms with Crippen molar-refractivity contribution in [3.05, 3.63) is 0 Å². The quantitative estimate of drug-likeness (QED) is 0.737. The van der Waals surface area contributed by atoms with Crippen LogP contribution < -0.4 is 0 Å². The Labute approximate surface area is 100 Å². The summed E-state index contributed by atoms with van der Waals surface area (Å²) in [6, 6.07) is 0. The Bertz CT molecular complexity index is 209. The molecule has 1 amide bonds. The summed E-state index contributed by atoms with van der Waals surface area (Å²) in [7, 11) is 1.72. The molecule has 1 aliphatic rings. The van der Waals surface area contributed by atoms with Crippen molar-refractivity contribution >= 4 is 21.8 Å². The van der Waals surface area contributed by atoms with E-state index in [1.807, 2.05) is 11.8 Å². The van der Waals surface area contributed by atoms with Gasteiger partial charge in [0.2, 0.25) is 5.91 Å². The number of hydrogen-bond donors (Lipinski definition) is 0.